The molecule has 1 N–H and O–H groups in total. The van der Waals surface area contributed by atoms with Crippen molar-refractivity contribution in [3.63, 3.8) is 0 Å². The molecule has 0 saturated carbocycles. The molecule has 7 nitrogen and oxygen atoms in total. The minimum Gasteiger partial charge on any atom is -0.478 e. The van der Waals surface area contributed by atoms with Crippen LogP contribution in [0.1, 0.15) is 29.8 Å². The maximum Gasteiger partial charge on any atom is 0.347 e. The van der Waals surface area contributed by atoms with Gasteiger partial charge in [-0.1, -0.05) is 18.2 Å². The summed E-state index contributed by atoms with van der Waals surface area (Å²) in [7, 11) is 3.70. The standard InChI is InChI=1S/C27H21N3O4S/c1-27(2,13-28)15-6-8-17-14(11-15)5-10-20-23(17)29-24(35-20)22-21(25(31)32)18-9-7-16(30(3)4)12-19(18)34-26(22)33/h5-12H,1-4H3,(H,31,32). The van der Waals surface area contributed by atoms with E-state index in [1.165, 1.54) is 11.3 Å². The Morgan fingerprint density at radius 3 is 2.54 bits per heavy atom. The highest BCUT2D eigenvalue weighted by Crippen LogP contribution is 2.37. The van der Waals surface area contributed by atoms with Crippen molar-refractivity contribution in [1.82, 2.24) is 4.98 Å². The fourth-order valence-corrected chi connectivity index (χ4v) is 5.19. The lowest BCUT2D eigenvalue weighted by Gasteiger charge is -2.16. The van der Waals surface area contributed by atoms with Gasteiger partial charge in [-0.2, -0.15) is 5.26 Å². The molecule has 0 saturated heterocycles. The van der Waals surface area contributed by atoms with E-state index in [2.05, 4.69) is 6.07 Å². The van der Waals surface area contributed by atoms with Gasteiger partial charge in [-0.3, -0.25) is 0 Å². The topological polar surface area (TPSA) is 107 Å². The van der Waals surface area contributed by atoms with Crippen LogP contribution in [-0.2, 0) is 5.41 Å². The highest BCUT2D eigenvalue weighted by molar-refractivity contribution is 7.21. The van der Waals surface area contributed by atoms with Crippen molar-refractivity contribution >= 4 is 55.0 Å². The second-order valence-electron chi connectivity index (χ2n) is 9.12. The number of hydrogen-bond acceptors (Lipinski definition) is 7. The fraction of sp³-hybridized carbons (Fsp3) is 0.185. The van der Waals surface area contributed by atoms with Crippen LogP contribution in [0, 0.1) is 11.3 Å². The second-order valence-corrected chi connectivity index (χ2v) is 10.2. The third-order valence-corrected chi connectivity index (χ3v) is 7.25. The molecule has 0 amide bonds. The van der Waals surface area contributed by atoms with Gasteiger partial charge in [0.2, 0.25) is 0 Å². The molecule has 8 heteroatoms. The third-order valence-electron chi connectivity index (χ3n) is 6.21. The molecular weight excluding hydrogens is 462 g/mol. The zero-order valence-corrected chi connectivity index (χ0v) is 20.4. The lowest BCUT2D eigenvalue weighted by atomic mass is 9.85. The summed E-state index contributed by atoms with van der Waals surface area (Å²) in [5.41, 5.74) is 1.000. The van der Waals surface area contributed by atoms with Gasteiger partial charge in [-0.05, 0) is 49.1 Å². The molecule has 2 heterocycles. The van der Waals surface area contributed by atoms with Crippen LogP contribution in [0.2, 0.25) is 0 Å². The second kappa shape index (κ2) is 7.93. The summed E-state index contributed by atoms with van der Waals surface area (Å²) in [4.78, 5) is 31.9. The number of benzene rings is 3. The predicted octanol–water partition coefficient (Wildman–Crippen LogP) is 5.79. The van der Waals surface area contributed by atoms with Crippen LogP contribution in [0.5, 0.6) is 0 Å². The minimum atomic E-state index is -1.22. The molecule has 0 unspecified atom stereocenters. The van der Waals surface area contributed by atoms with Crippen LogP contribution in [0.4, 0.5) is 5.69 Å². The van der Waals surface area contributed by atoms with E-state index in [1.807, 2.05) is 63.2 Å². The van der Waals surface area contributed by atoms with Gasteiger partial charge in [-0.15, -0.1) is 11.3 Å². The molecule has 0 radical (unpaired) electrons. The number of fused-ring (bicyclic) bond motifs is 4. The van der Waals surface area contributed by atoms with Crippen molar-refractivity contribution in [1.29, 1.82) is 5.26 Å². The number of thiazole rings is 1. The number of aromatic carboxylic acids is 1. The van der Waals surface area contributed by atoms with Crippen molar-refractivity contribution < 1.29 is 14.3 Å². The van der Waals surface area contributed by atoms with Crippen LogP contribution in [-0.4, -0.2) is 30.2 Å². The fourth-order valence-electron chi connectivity index (χ4n) is 4.16. The SMILES string of the molecule is CN(C)c1ccc2c(C(=O)O)c(-c3nc4c(ccc5cc(C(C)(C)C#N)ccc54)s3)c(=O)oc2c1. The highest BCUT2D eigenvalue weighted by Gasteiger charge is 2.25. The number of nitrogens with zero attached hydrogens (tertiary/aromatic N) is 3. The number of carboxylic acid groups (broad SMARTS) is 1. The van der Waals surface area contributed by atoms with Gasteiger partial charge < -0.3 is 14.4 Å². The number of hydrogen-bond donors (Lipinski definition) is 1. The van der Waals surface area contributed by atoms with E-state index in [9.17, 15) is 20.0 Å². The predicted molar refractivity (Wildman–Crippen MR) is 139 cm³/mol. The molecule has 3 aromatic carbocycles. The summed E-state index contributed by atoms with van der Waals surface area (Å²) in [6.07, 6.45) is 0. The molecule has 0 bridgehead atoms. The number of anilines is 1. The Morgan fingerprint density at radius 2 is 1.86 bits per heavy atom. The van der Waals surface area contributed by atoms with Gasteiger partial charge in [-0.25, -0.2) is 14.6 Å². The van der Waals surface area contributed by atoms with E-state index in [1.54, 1.807) is 18.2 Å². The third kappa shape index (κ3) is 3.61. The van der Waals surface area contributed by atoms with Crippen LogP contribution < -0.4 is 10.5 Å². The zero-order chi connectivity index (χ0) is 25.1. The molecule has 35 heavy (non-hydrogen) atoms. The number of carbonyl (C=O) groups is 1. The van der Waals surface area contributed by atoms with E-state index in [0.717, 1.165) is 26.7 Å². The summed E-state index contributed by atoms with van der Waals surface area (Å²) in [6.45, 7) is 3.73. The largest absolute Gasteiger partial charge is 0.478 e. The monoisotopic (exact) mass is 483 g/mol. The van der Waals surface area contributed by atoms with E-state index < -0.39 is 17.0 Å². The van der Waals surface area contributed by atoms with Crippen LogP contribution in [0.3, 0.4) is 0 Å². The molecule has 0 aliphatic carbocycles. The summed E-state index contributed by atoms with van der Waals surface area (Å²) in [6, 6.07) is 17.0. The first-order valence-corrected chi connectivity index (χ1v) is 11.7. The molecule has 0 spiro atoms. The van der Waals surface area contributed by atoms with Crippen molar-refractivity contribution in [2.24, 2.45) is 0 Å². The smallest absolute Gasteiger partial charge is 0.347 e. The molecular formula is C27H21N3O4S. The minimum absolute atomic E-state index is 0.0563. The Kier molecular flexibility index (Phi) is 5.11. The molecule has 5 rings (SSSR count). The van der Waals surface area contributed by atoms with Gasteiger partial charge in [0.25, 0.3) is 0 Å². The Balaban J connectivity index is 1.76. The number of carboxylic acids is 1. The van der Waals surface area contributed by atoms with Crippen molar-refractivity contribution in [2.45, 2.75) is 19.3 Å². The average molecular weight is 484 g/mol. The van der Waals surface area contributed by atoms with Gasteiger partial charge in [0.1, 0.15) is 16.2 Å². The first kappa shape index (κ1) is 22.6. The van der Waals surface area contributed by atoms with Crippen LogP contribution >= 0.6 is 11.3 Å². The van der Waals surface area contributed by atoms with Crippen molar-refractivity contribution in [2.75, 3.05) is 19.0 Å². The first-order valence-electron chi connectivity index (χ1n) is 10.9. The Bertz CT molecular complexity index is 1770. The Morgan fingerprint density at radius 1 is 1.11 bits per heavy atom. The number of aromatic nitrogens is 1. The molecule has 0 fully saturated rings. The highest BCUT2D eigenvalue weighted by atomic mass is 32.1. The molecule has 174 valence electrons. The Labute approximate surface area is 204 Å². The number of nitriles is 1. The van der Waals surface area contributed by atoms with E-state index in [4.69, 9.17) is 9.40 Å². The lowest BCUT2D eigenvalue weighted by molar-refractivity contribution is 0.0699. The molecule has 0 atom stereocenters. The summed E-state index contributed by atoms with van der Waals surface area (Å²) in [5.74, 6) is -1.22. The summed E-state index contributed by atoms with van der Waals surface area (Å²) < 4.78 is 6.39. The van der Waals surface area contributed by atoms with Gasteiger partial charge in [0, 0.05) is 36.6 Å². The normalized spacial score (nSPS) is 11.7. The molecule has 0 aliphatic heterocycles. The van der Waals surface area contributed by atoms with Crippen LogP contribution in [0.25, 0.3) is 42.5 Å². The average Bonchev–Trinajstić information content (AvgIpc) is 3.26. The molecule has 0 aliphatic rings. The molecule has 2 aromatic heterocycles. The maximum absolute atomic E-state index is 13.1. The van der Waals surface area contributed by atoms with Gasteiger partial charge >= 0.3 is 11.6 Å². The first-order chi connectivity index (χ1) is 16.6. The zero-order valence-electron chi connectivity index (χ0n) is 19.5. The Hall–Kier alpha value is -4.22. The quantitative estimate of drug-likeness (QED) is 0.322. The van der Waals surface area contributed by atoms with E-state index in [0.29, 0.717) is 15.9 Å². The van der Waals surface area contributed by atoms with Crippen molar-refractivity contribution in [3.8, 4) is 16.6 Å². The van der Waals surface area contributed by atoms with Crippen LogP contribution in [0.15, 0.2) is 57.7 Å². The van der Waals surface area contributed by atoms with Gasteiger partial charge in [0.15, 0.2) is 0 Å². The number of rotatable bonds is 4. The summed E-state index contributed by atoms with van der Waals surface area (Å²) in [5, 5.41) is 22.0. The lowest BCUT2D eigenvalue weighted by Crippen LogP contribution is -2.13. The maximum atomic E-state index is 13.1. The summed E-state index contributed by atoms with van der Waals surface area (Å²) >= 11 is 1.25. The van der Waals surface area contributed by atoms with E-state index in [-0.39, 0.29) is 16.7 Å². The molecule has 5 aromatic rings. The van der Waals surface area contributed by atoms with E-state index >= 15 is 0 Å². The van der Waals surface area contributed by atoms with Crippen molar-refractivity contribution in [3.05, 3.63) is 70.1 Å². The van der Waals surface area contributed by atoms with Gasteiger partial charge in [0.05, 0.1) is 27.3 Å².